The second-order valence-corrected chi connectivity index (χ2v) is 5.29. The Balaban J connectivity index is 2.48. The maximum atomic E-state index is 10.1. The molecule has 1 aromatic heterocycles. The maximum absolute atomic E-state index is 10.1. The van der Waals surface area contributed by atoms with Crippen molar-refractivity contribution in [1.29, 1.82) is 0 Å². The lowest BCUT2D eigenvalue weighted by Crippen LogP contribution is -2.00. The Labute approximate surface area is 106 Å². The van der Waals surface area contributed by atoms with Gasteiger partial charge < -0.3 is 9.52 Å². The predicted octanol–water partition coefficient (Wildman–Crippen LogP) is 4.47. The summed E-state index contributed by atoms with van der Waals surface area (Å²) in [6.07, 6.45) is 0.150. The van der Waals surface area contributed by atoms with Crippen LogP contribution in [0.3, 0.4) is 0 Å². The third kappa shape index (κ3) is 2.48. The largest absolute Gasteiger partial charge is 0.462 e. The van der Waals surface area contributed by atoms with Gasteiger partial charge in [0.15, 0.2) is 0 Å². The molecule has 0 amide bonds. The molecule has 1 atom stereocenters. The molecule has 0 fully saturated rings. The van der Waals surface area contributed by atoms with E-state index in [4.69, 9.17) is 16.0 Å². The fourth-order valence-corrected chi connectivity index (χ4v) is 2.27. The quantitative estimate of drug-likeness (QED) is 0.874. The first kappa shape index (κ1) is 12.5. The smallest absolute Gasteiger partial charge is 0.140 e. The molecule has 0 saturated heterocycles. The second kappa shape index (κ2) is 4.71. The minimum atomic E-state index is -0.549. The summed E-state index contributed by atoms with van der Waals surface area (Å²) in [5, 5.41) is 12.8. The second-order valence-electron chi connectivity index (χ2n) is 4.86. The van der Waals surface area contributed by atoms with Gasteiger partial charge in [-0.15, -0.1) is 0 Å². The van der Waals surface area contributed by atoms with Crippen LogP contribution in [-0.4, -0.2) is 5.11 Å². The van der Waals surface area contributed by atoms with E-state index in [-0.39, 0.29) is 0 Å². The van der Waals surface area contributed by atoms with Gasteiger partial charge in [-0.2, -0.15) is 0 Å². The van der Waals surface area contributed by atoms with E-state index in [1.54, 1.807) is 0 Å². The number of benzene rings is 1. The molecule has 0 aliphatic carbocycles. The Bertz CT molecular complexity index is 528. The van der Waals surface area contributed by atoms with Crippen molar-refractivity contribution in [1.82, 2.24) is 0 Å². The van der Waals surface area contributed by atoms with Crippen molar-refractivity contribution >= 4 is 22.4 Å². The molecule has 3 heteroatoms. The van der Waals surface area contributed by atoms with E-state index in [0.717, 1.165) is 16.5 Å². The summed E-state index contributed by atoms with van der Waals surface area (Å²) in [4.78, 5) is 0. The summed E-state index contributed by atoms with van der Waals surface area (Å²) in [6.45, 7) is 6.06. The monoisotopic (exact) mass is 252 g/mol. The summed E-state index contributed by atoms with van der Waals surface area (Å²) in [6, 6.07) is 5.61. The van der Waals surface area contributed by atoms with E-state index in [2.05, 4.69) is 13.8 Å². The highest BCUT2D eigenvalue weighted by atomic mass is 35.5. The molecule has 17 heavy (non-hydrogen) atoms. The van der Waals surface area contributed by atoms with Gasteiger partial charge in [0.2, 0.25) is 0 Å². The number of aryl methyl sites for hydroxylation is 1. The number of halogens is 1. The van der Waals surface area contributed by atoms with Gasteiger partial charge in [0.25, 0.3) is 0 Å². The van der Waals surface area contributed by atoms with E-state index < -0.39 is 6.10 Å². The van der Waals surface area contributed by atoms with E-state index >= 15 is 0 Å². The number of furan rings is 1. The molecular weight excluding hydrogens is 236 g/mol. The molecule has 0 saturated carbocycles. The molecule has 0 radical (unpaired) electrons. The summed E-state index contributed by atoms with van der Waals surface area (Å²) >= 11 is 5.96. The zero-order chi connectivity index (χ0) is 12.6. The molecule has 0 spiro atoms. The summed E-state index contributed by atoms with van der Waals surface area (Å²) < 4.78 is 5.67. The van der Waals surface area contributed by atoms with Gasteiger partial charge in [-0.25, -0.2) is 0 Å². The SMILES string of the molecule is Cc1oc(C(O)CC(C)C)c2ccc(Cl)cc12. The maximum Gasteiger partial charge on any atom is 0.140 e. The van der Waals surface area contributed by atoms with E-state index in [1.165, 1.54) is 0 Å². The normalized spacial score (nSPS) is 13.5. The van der Waals surface area contributed by atoms with Crippen LogP contribution >= 0.6 is 11.6 Å². The van der Waals surface area contributed by atoms with Gasteiger partial charge in [-0.3, -0.25) is 0 Å². The molecular formula is C14H17ClO2. The molecule has 0 aliphatic rings. The molecule has 1 aromatic carbocycles. The molecule has 2 rings (SSSR count). The van der Waals surface area contributed by atoms with Crippen molar-refractivity contribution in [2.45, 2.75) is 33.3 Å². The lowest BCUT2D eigenvalue weighted by molar-refractivity contribution is 0.126. The first-order valence-corrected chi connectivity index (χ1v) is 6.23. The van der Waals surface area contributed by atoms with Gasteiger partial charge in [0.1, 0.15) is 17.6 Å². The summed E-state index contributed by atoms with van der Waals surface area (Å²) in [5.41, 5.74) is 0. The Hall–Kier alpha value is -0.990. The average Bonchev–Trinajstić information content (AvgIpc) is 2.55. The Morgan fingerprint density at radius 2 is 2.00 bits per heavy atom. The highest BCUT2D eigenvalue weighted by Crippen LogP contribution is 2.34. The Morgan fingerprint density at radius 3 is 2.65 bits per heavy atom. The molecule has 2 aromatic rings. The van der Waals surface area contributed by atoms with Crippen LogP contribution in [0.25, 0.3) is 10.8 Å². The number of aliphatic hydroxyl groups excluding tert-OH is 1. The highest BCUT2D eigenvalue weighted by molar-refractivity contribution is 6.31. The Morgan fingerprint density at radius 1 is 1.29 bits per heavy atom. The molecule has 1 N–H and O–H groups in total. The van der Waals surface area contributed by atoms with E-state index in [1.807, 2.05) is 25.1 Å². The van der Waals surface area contributed by atoms with Gasteiger partial charge >= 0.3 is 0 Å². The predicted molar refractivity (Wildman–Crippen MR) is 70.4 cm³/mol. The molecule has 1 heterocycles. The third-order valence-electron chi connectivity index (χ3n) is 2.89. The fraction of sp³-hybridized carbons (Fsp3) is 0.429. The average molecular weight is 253 g/mol. The zero-order valence-electron chi connectivity index (χ0n) is 10.3. The van der Waals surface area contributed by atoms with E-state index in [9.17, 15) is 5.11 Å². The fourth-order valence-electron chi connectivity index (χ4n) is 2.10. The minimum Gasteiger partial charge on any atom is -0.462 e. The van der Waals surface area contributed by atoms with Gasteiger partial charge in [0.05, 0.1) is 0 Å². The number of rotatable bonds is 3. The van der Waals surface area contributed by atoms with Crippen LogP contribution in [-0.2, 0) is 0 Å². The van der Waals surface area contributed by atoms with Crippen LogP contribution < -0.4 is 0 Å². The molecule has 1 unspecified atom stereocenters. The van der Waals surface area contributed by atoms with Crippen molar-refractivity contribution in [3.63, 3.8) is 0 Å². The molecule has 92 valence electrons. The topological polar surface area (TPSA) is 33.4 Å². The highest BCUT2D eigenvalue weighted by Gasteiger charge is 2.19. The van der Waals surface area contributed by atoms with Crippen molar-refractivity contribution in [2.24, 2.45) is 5.92 Å². The summed E-state index contributed by atoms with van der Waals surface area (Å²) in [7, 11) is 0. The molecule has 0 aliphatic heterocycles. The van der Waals surface area contributed by atoms with E-state index in [0.29, 0.717) is 23.1 Å². The third-order valence-corrected chi connectivity index (χ3v) is 3.12. The van der Waals surface area contributed by atoms with Crippen LogP contribution in [0.4, 0.5) is 0 Å². The first-order chi connectivity index (χ1) is 7.99. The van der Waals surface area contributed by atoms with Gasteiger partial charge in [-0.1, -0.05) is 25.4 Å². The van der Waals surface area contributed by atoms with Crippen molar-refractivity contribution in [3.8, 4) is 0 Å². The number of hydrogen-bond donors (Lipinski definition) is 1. The van der Waals surface area contributed by atoms with Gasteiger partial charge in [-0.05, 0) is 37.5 Å². The lowest BCUT2D eigenvalue weighted by atomic mass is 10.0. The molecule has 2 nitrogen and oxygen atoms in total. The van der Waals surface area contributed by atoms with Crippen LogP contribution in [0.1, 0.15) is 37.9 Å². The van der Waals surface area contributed by atoms with Crippen molar-refractivity contribution < 1.29 is 9.52 Å². The van der Waals surface area contributed by atoms with Gasteiger partial charge in [0, 0.05) is 15.8 Å². The zero-order valence-corrected chi connectivity index (χ0v) is 11.1. The standard InChI is InChI=1S/C14H17ClO2/c1-8(2)6-13(16)14-11-5-4-10(15)7-12(11)9(3)17-14/h4-5,7-8,13,16H,6H2,1-3H3. The van der Waals surface area contributed by atoms with Crippen LogP contribution in [0.15, 0.2) is 22.6 Å². The molecule has 0 bridgehead atoms. The number of hydrogen-bond acceptors (Lipinski definition) is 2. The lowest BCUT2D eigenvalue weighted by Gasteiger charge is -2.10. The van der Waals surface area contributed by atoms with Crippen LogP contribution in [0.2, 0.25) is 5.02 Å². The van der Waals surface area contributed by atoms with Crippen LogP contribution in [0, 0.1) is 12.8 Å². The van der Waals surface area contributed by atoms with Crippen molar-refractivity contribution in [2.75, 3.05) is 0 Å². The van der Waals surface area contributed by atoms with Crippen LogP contribution in [0.5, 0.6) is 0 Å². The summed E-state index contributed by atoms with van der Waals surface area (Å²) in [5.74, 6) is 1.89. The van der Waals surface area contributed by atoms with Crippen molar-refractivity contribution in [3.05, 3.63) is 34.7 Å². The minimum absolute atomic E-state index is 0.428. The Kier molecular flexibility index (Phi) is 3.45. The first-order valence-electron chi connectivity index (χ1n) is 5.85. The number of aliphatic hydroxyl groups is 1. The number of fused-ring (bicyclic) bond motifs is 1.